The Hall–Kier alpha value is -1.55. The zero-order valence-electron chi connectivity index (χ0n) is 9.84. The molecule has 88 valence electrons. The molecule has 0 saturated heterocycles. The Balaban J connectivity index is 2.86. The highest BCUT2D eigenvalue weighted by Gasteiger charge is 2.21. The van der Waals surface area contributed by atoms with E-state index in [9.17, 15) is 9.90 Å². The Morgan fingerprint density at radius 3 is 2.56 bits per heavy atom. The number of hydrogen-bond acceptors (Lipinski definition) is 3. The van der Waals surface area contributed by atoms with Gasteiger partial charge in [0.15, 0.2) is 0 Å². The average molecular weight is 222 g/mol. The number of benzene rings is 1. The first-order valence-corrected chi connectivity index (χ1v) is 5.25. The number of nitrogens with two attached hydrogens (primary N) is 1. The number of carbonyl (C=O) groups excluding carboxylic acids is 1. The van der Waals surface area contributed by atoms with Gasteiger partial charge in [-0.15, -0.1) is 0 Å². The summed E-state index contributed by atoms with van der Waals surface area (Å²) >= 11 is 0. The fraction of sp³-hybridized carbons (Fsp3) is 0.417. The number of anilines is 1. The fourth-order valence-corrected chi connectivity index (χ4v) is 1.34. The predicted octanol–water partition coefficient (Wildman–Crippen LogP) is 1.34. The van der Waals surface area contributed by atoms with Crippen molar-refractivity contribution in [3.05, 3.63) is 24.3 Å². The van der Waals surface area contributed by atoms with Crippen LogP contribution in [0.4, 0.5) is 5.69 Å². The first kappa shape index (κ1) is 12.5. The second-order valence-electron chi connectivity index (χ2n) is 4.19. The molecule has 0 unspecified atom stereocenters. The van der Waals surface area contributed by atoms with Gasteiger partial charge in [-0.05, 0) is 18.1 Å². The molecule has 0 aromatic heterocycles. The van der Waals surface area contributed by atoms with Crippen molar-refractivity contribution >= 4 is 11.6 Å². The fourth-order valence-electron chi connectivity index (χ4n) is 1.34. The van der Waals surface area contributed by atoms with Crippen molar-refractivity contribution in [2.75, 3.05) is 11.9 Å². The number of phenols is 1. The van der Waals surface area contributed by atoms with Crippen molar-refractivity contribution < 1.29 is 9.90 Å². The second kappa shape index (κ2) is 4.99. The van der Waals surface area contributed by atoms with Crippen LogP contribution in [0.15, 0.2) is 24.3 Å². The lowest BCUT2D eigenvalue weighted by atomic mass is 10.0. The Labute approximate surface area is 95.7 Å². The Morgan fingerprint density at radius 1 is 1.44 bits per heavy atom. The van der Waals surface area contributed by atoms with Gasteiger partial charge < -0.3 is 15.7 Å². The third-order valence-corrected chi connectivity index (χ3v) is 2.55. The van der Waals surface area contributed by atoms with Gasteiger partial charge >= 0.3 is 0 Å². The van der Waals surface area contributed by atoms with Crippen molar-refractivity contribution in [2.24, 2.45) is 11.7 Å². The van der Waals surface area contributed by atoms with Crippen LogP contribution in [0, 0.1) is 5.92 Å². The minimum absolute atomic E-state index is 0.0901. The van der Waals surface area contributed by atoms with Crippen LogP contribution in [-0.4, -0.2) is 24.1 Å². The topological polar surface area (TPSA) is 66.6 Å². The molecule has 4 heteroatoms. The molecule has 0 aliphatic carbocycles. The van der Waals surface area contributed by atoms with Crippen molar-refractivity contribution in [3.63, 3.8) is 0 Å². The highest BCUT2D eigenvalue weighted by molar-refractivity contribution is 5.96. The van der Waals surface area contributed by atoms with E-state index >= 15 is 0 Å². The molecule has 1 aromatic rings. The van der Waals surface area contributed by atoms with Crippen LogP contribution < -0.4 is 10.6 Å². The highest BCUT2D eigenvalue weighted by Crippen LogP contribution is 2.19. The highest BCUT2D eigenvalue weighted by atomic mass is 16.3. The zero-order chi connectivity index (χ0) is 12.3. The van der Waals surface area contributed by atoms with Gasteiger partial charge in [0, 0.05) is 18.8 Å². The second-order valence-corrected chi connectivity index (χ2v) is 4.19. The van der Waals surface area contributed by atoms with E-state index in [0.717, 1.165) is 0 Å². The molecule has 0 heterocycles. The molecule has 0 fully saturated rings. The lowest BCUT2D eigenvalue weighted by Gasteiger charge is -2.23. The summed E-state index contributed by atoms with van der Waals surface area (Å²) in [5, 5.41) is 9.32. The molecule has 4 nitrogen and oxygen atoms in total. The van der Waals surface area contributed by atoms with Crippen molar-refractivity contribution in [2.45, 2.75) is 19.9 Å². The monoisotopic (exact) mass is 222 g/mol. The molecule has 1 rings (SSSR count). The third kappa shape index (κ3) is 2.73. The van der Waals surface area contributed by atoms with E-state index in [1.54, 1.807) is 25.2 Å². The Bertz CT molecular complexity index is 377. The molecule has 3 N–H and O–H groups in total. The maximum absolute atomic E-state index is 11.9. The first-order valence-electron chi connectivity index (χ1n) is 5.25. The van der Waals surface area contributed by atoms with Crippen LogP contribution in [0.2, 0.25) is 0 Å². The van der Waals surface area contributed by atoms with E-state index in [-0.39, 0.29) is 17.6 Å². The number of amides is 1. The standard InChI is InChI=1S/C12H18N2O2/c1-8(2)11(13)12(16)14(3)9-5-4-6-10(15)7-9/h4-8,11,15H,13H2,1-3H3/t11-/m1/s1. The van der Waals surface area contributed by atoms with Crippen LogP contribution >= 0.6 is 0 Å². The van der Waals surface area contributed by atoms with Crippen LogP contribution in [0.25, 0.3) is 0 Å². The quantitative estimate of drug-likeness (QED) is 0.811. The van der Waals surface area contributed by atoms with E-state index in [1.165, 1.54) is 11.0 Å². The van der Waals surface area contributed by atoms with Crippen molar-refractivity contribution in [3.8, 4) is 5.75 Å². The molecule has 1 amide bonds. The maximum atomic E-state index is 11.9. The summed E-state index contributed by atoms with van der Waals surface area (Å²) < 4.78 is 0. The minimum Gasteiger partial charge on any atom is -0.508 e. The van der Waals surface area contributed by atoms with Gasteiger partial charge in [0.25, 0.3) is 0 Å². The largest absolute Gasteiger partial charge is 0.508 e. The van der Waals surface area contributed by atoms with Gasteiger partial charge in [-0.25, -0.2) is 0 Å². The van der Waals surface area contributed by atoms with Gasteiger partial charge in [0.1, 0.15) is 5.75 Å². The van der Waals surface area contributed by atoms with E-state index in [2.05, 4.69) is 0 Å². The zero-order valence-corrected chi connectivity index (χ0v) is 9.84. The van der Waals surface area contributed by atoms with Gasteiger partial charge in [0.05, 0.1) is 6.04 Å². The summed E-state index contributed by atoms with van der Waals surface area (Å²) in [7, 11) is 1.65. The average Bonchev–Trinajstić information content (AvgIpc) is 2.26. The van der Waals surface area contributed by atoms with E-state index in [0.29, 0.717) is 5.69 Å². The minimum atomic E-state index is -0.521. The molecule has 0 aliphatic rings. The summed E-state index contributed by atoms with van der Waals surface area (Å²) in [6, 6.07) is 6.02. The summed E-state index contributed by atoms with van der Waals surface area (Å²) in [5.41, 5.74) is 6.42. The molecule has 16 heavy (non-hydrogen) atoms. The van der Waals surface area contributed by atoms with Crippen molar-refractivity contribution in [1.82, 2.24) is 0 Å². The van der Waals surface area contributed by atoms with Crippen LogP contribution in [-0.2, 0) is 4.79 Å². The molecular weight excluding hydrogens is 204 g/mol. The van der Waals surface area contributed by atoms with Crippen LogP contribution in [0.3, 0.4) is 0 Å². The van der Waals surface area contributed by atoms with Gasteiger partial charge in [0.2, 0.25) is 5.91 Å². The molecule has 1 aromatic carbocycles. The third-order valence-electron chi connectivity index (χ3n) is 2.55. The normalized spacial score (nSPS) is 12.6. The lowest BCUT2D eigenvalue weighted by molar-refractivity contribution is -0.120. The maximum Gasteiger partial charge on any atom is 0.243 e. The number of phenolic OH excluding ortho intramolecular Hbond substituents is 1. The predicted molar refractivity (Wildman–Crippen MR) is 64.3 cm³/mol. The SMILES string of the molecule is CC(C)[C@@H](N)C(=O)N(C)c1cccc(O)c1. The number of likely N-dealkylation sites (N-methyl/N-ethyl adjacent to an activating group) is 1. The number of nitrogens with zero attached hydrogens (tertiary/aromatic N) is 1. The van der Waals surface area contributed by atoms with Crippen molar-refractivity contribution in [1.29, 1.82) is 0 Å². The Kier molecular flexibility index (Phi) is 3.90. The smallest absolute Gasteiger partial charge is 0.243 e. The summed E-state index contributed by atoms with van der Waals surface area (Å²) in [6.07, 6.45) is 0. The van der Waals surface area contributed by atoms with Crippen LogP contribution in [0.1, 0.15) is 13.8 Å². The molecular formula is C12H18N2O2. The van der Waals surface area contributed by atoms with E-state index < -0.39 is 6.04 Å². The van der Waals surface area contributed by atoms with E-state index in [1.807, 2.05) is 13.8 Å². The lowest BCUT2D eigenvalue weighted by Crippen LogP contribution is -2.45. The number of aromatic hydroxyl groups is 1. The Morgan fingerprint density at radius 2 is 2.06 bits per heavy atom. The summed E-state index contributed by atoms with van der Waals surface area (Å²) in [5.74, 6) is 0.0723. The molecule has 0 aliphatic heterocycles. The molecule has 0 radical (unpaired) electrons. The molecule has 0 spiro atoms. The van der Waals surface area contributed by atoms with Gasteiger partial charge in [-0.1, -0.05) is 19.9 Å². The van der Waals surface area contributed by atoms with Gasteiger partial charge in [-0.2, -0.15) is 0 Å². The number of carbonyl (C=O) groups is 1. The summed E-state index contributed by atoms with van der Waals surface area (Å²) in [6.45, 7) is 3.80. The molecule has 0 saturated carbocycles. The first-order chi connectivity index (χ1) is 7.43. The number of rotatable bonds is 3. The molecule has 1 atom stereocenters. The number of hydrogen-bond donors (Lipinski definition) is 2. The van der Waals surface area contributed by atoms with Gasteiger partial charge in [-0.3, -0.25) is 4.79 Å². The summed E-state index contributed by atoms with van der Waals surface area (Å²) in [4.78, 5) is 13.4. The molecule has 0 bridgehead atoms. The van der Waals surface area contributed by atoms with E-state index in [4.69, 9.17) is 5.73 Å². The van der Waals surface area contributed by atoms with Crippen LogP contribution in [0.5, 0.6) is 5.75 Å².